The first-order chi connectivity index (χ1) is 31.8. The molecule has 14 nitrogen and oxygen atoms in total. The molecule has 2 aromatic heterocycles. The van der Waals surface area contributed by atoms with Crippen LogP contribution in [0.15, 0.2) is 95.3 Å². The zero-order chi connectivity index (χ0) is 46.6. The monoisotopic (exact) mass is 898 g/mol. The van der Waals surface area contributed by atoms with E-state index >= 15 is 9.59 Å². The van der Waals surface area contributed by atoms with Gasteiger partial charge in [0, 0.05) is 48.9 Å². The van der Waals surface area contributed by atoms with Crippen LogP contribution in [0.5, 0.6) is 0 Å². The normalized spacial score (nSPS) is 29.2. The van der Waals surface area contributed by atoms with Crippen LogP contribution in [0.2, 0.25) is 0 Å². The number of rotatable bonds is 13. The van der Waals surface area contributed by atoms with Crippen LogP contribution in [0.3, 0.4) is 0 Å². The molecule has 4 bridgehead atoms. The molecule has 2 aliphatic heterocycles. The van der Waals surface area contributed by atoms with Crippen LogP contribution in [0, 0.1) is 23.2 Å². The van der Waals surface area contributed by atoms with Crippen LogP contribution in [-0.4, -0.2) is 84.6 Å². The van der Waals surface area contributed by atoms with Crippen LogP contribution in [-0.2, 0) is 27.1 Å². The summed E-state index contributed by atoms with van der Waals surface area (Å²) < 4.78 is 12.8. The van der Waals surface area contributed by atoms with Gasteiger partial charge in [0.05, 0.1) is 19.3 Å². The number of aromatic nitrogens is 2. The number of anilines is 2. The number of nitrogens with one attached hydrogen (secondary N) is 4. The largest absolute Gasteiger partial charge is 0.463 e. The summed E-state index contributed by atoms with van der Waals surface area (Å²) in [5.74, 6) is 0.491. The number of ketones is 2. The number of ether oxygens (including phenoxy) is 2. The lowest BCUT2D eigenvalue weighted by atomic mass is 9.67. The minimum Gasteiger partial charge on any atom is -0.463 e. The Labute approximate surface area is 389 Å². The number of carbonyl (C=O) groups is 3. The lowest BCUT2D eigenvalue weighted by molar-refractivity contribution is -0.150. The third kappa shape index (κ3) is 9.32. The summed E-state index contributed by atoms with van der Waals surface area (Å²) in [4.78, 5) is 58.6. The van der Waals surface area contributed by atoms with Gasteiger partial charge in [-0.2, -0.15) is 0 Å². The average molecular weight is 898 g/mol. The Bertz CT molecular complexity index is 2430. The van der Waals surface area contributed by atoms with Crippen molar-refractivity contribution in [3.63, 3.8) is 0 Å². The van der Waals surface area contributed by atoms with Crippen molar-refractivity contribution in [2.24, 2.45) is 33.9 Å². The first kappa shape index (κ1) is 46.8. The van der Waals surface area contributed by atoms with Crippen LogP contribution in [0.25, 0.3) is 0 Å². The first-order valence-electron chi connectivity index (χ1n) is 23.7. The van der Waals surface area contributed by atoms with Crippen LogP contribution in [0.1, 0.15) is 116 Å². The topological polar surface area (TPSA) is 211 Å². The molecule has 0 saturated carbocycles. The van der Waals surface area contributed by atoms with E-state index in [1.807, 2.05) is 62.6 Å². The quantitative estimate of drug-likeness (QED) is 0.0204. The van der Waals surface area contributed by atoms with E-state index in [9.17, 15) is 4.79 Å². The second kappa shape index (κ2) is 19.6. The van der Waals surface area contributed by atoms with Gasteiger partial charge in [0.2, 0.25) is 5.78 Å². The smallest absolute Gasteiger partial charge is 0.350 e. The number of nitrogen functional groups attached to an aromatic ring is 1. The number of fused-ring (bicyclic) bond motifs is 1. The highest BCUT2D eigenvalue weighted by atomic mass is 16.7. The second-order valence-corrected chi connectivity index (χ2v) is 19.4. The molecule has 3 aliphatic carbocycles. The standard InChI is InChI=1S/C52H67N9O5/c1-6-57-41-25-35-13-9-12-34-11-7-8-20-50(3,27-33-16-17-43(53)59-29-33)28-37-14-10-15-39-45(37)47(63)52(48(64)65-30-38(41)24-40(34)35)51(66-52,46(39)62)21-18-32(2)23-42(61-49(54)56-5)36-19-22-58-44(26-36)60-31-55-4/h9-10,13-19,22,25-26,29,34,38,40-42,55,57H,6-8,11-12,20-21,23-24,27-28,30-31H2,1-5H3,(H2,53,59)(H,58,60)(H3,54,56,61). The van der Waals surface area contributed by atoms with Crippen molar-refractivity contribution in [1.29, 1.82) is 0 Å². The summed E-state index contributed by atoms with van der Waals surface area (Å²) >= 11 is 0. The number of esters is 1. The highest BCUT2D eigenvalue weighted by molar-refractivity contribution is 6.33. The van der Waals surface area contributed by atoms with Gasteiger partial charge in [0.15, 0.2) is 17.3 Å². The number of Topliss-reactive ketones (excluding diaryl/α,β-unsaturated/α-hetero) is 2. The van der Waals surface area contributed by atoms with Crippen LogP contribution in [0.4, 0.5) is 11.6 Å². The highest BCUT2D eigenvalue weighted by Crippen LogP contribution is 2.59. The van der Waals surface area contributed by atoms with Crippen molar-refractivity contribution < 1.29 is 23.9 Å². The van der Waals surface area contributed by atoms with Gasteiger partial charge >= 0.3 is 5.97 Å². The molecule has 8 N–H and O–H groups in total. The number of benzene rings is 1. The second-order valence-electron chi connectivity index (χ2n) is 19.4. The lowest BCUT2D eigenvalue weighted by Crippen LogP contribution is -2.51. The third-order valence-electron chi connectivity index (χ3n) is 14.7. The summed E-state index contributed by atoms with van der Waals surface area (Å²) in [5, 5.41) is 13.2. The molecule has 3 aromatic rings. The molecule has 5 aliphatic rings. The zero-order valence-corrected chi connectivity index (χ0v) is 39.1. The Hall–Kier alpha value is -5.70. The number of cyclic esters (lactones) is 1. The van der Waals surface area contributed by atoms with Gasteiger partial charge in [-0.1, -0.05) is 80.8 Å². The van der Waals surface area contributed by atoms with Gasteiger partial charge < -0.3 is 42.2 Å². The summed E-state index contributed by atoms with van der Waals surface area (Å²) in [7, 11) is 3.46. The van der Waals surface area contributed by atoms with E-state index in [1.54, 1.807) is 19.3 Å². The number of hydrogen-bond donors (Lipinski definition) is 6. The fourth-order valence-electron chi connectivity index (χ4n) is 11.2. The van der Waals surface area contributed by atoms with Gasteiger partial charge in [0.25, 0.3) is 5.60 Å². The van der Waals surface area contributed by atoms with Crippen molar-refractivity contribution in [3.05, 3.63) is 118 Å². The number of guanidine groups is 1. The molecule has 1 spiro atoms. The predicted molar refractivity (Wildman–Crippen MR) is 258 cm³/mol. The number of likely N-dealkylation sites (N-methyl/N-ethyl adjacent to an activating group) is 1. The van der Waals surface area contributed by atoms with Gasteiger partial charge in [-0.05, 0) is 123 Å². The molecule has 8 atom stereocenters. The maximum absolute atomic E-state index is 15.5. The van der Waals surface area contributed by atoms with E-state index in [1.165, 1.54) is 5.57 Å². The highest BCUT2D eigenvalue weighted by Gasteiger charge is 2.85. The molecule has 1 aromatic carbocycles. The summed E-state index contributed by atoms with van der Waals surface area (Å²) in [6, 6.07) is 12.9. The van der Waals surface area contributed by atoms with Crippen LogP contribution >= 0.6 is 0 Å². The summed E-state index contributed by atoms with van der Waals surface area (Å²) in [5.41, 5.74) is 13.4. The van der Waals surface area contributed by atoms with E-state index in [0.717, 1.165) is 67.3 Å². The van der Waals surface area contributed by atoms with Gasteiger partial charge in [0.1, 0.15) is 11.6 Å². The van der Waals surface area contributed by atoms with Crippen molar-refractivity contribution in [2.75, 3.05) is 45.0 Å². The molecule has 350 valence electrons. The maximum atomic E-state index is 15.5. The summed E-state index contributed by atoms with van der Waals surface area (Å²) in [6.07, 6.45) is 19.9. The van der Waals surface area contributed by atoms with Gasteiger partial charge in [-0.25, -0.2) is 14.8 Å². The minimum atomic E-state index is -2.13. The molecular formula is C52H67N9O5. The van der Waals surface area contributed by atoms with Crippen molar-refractivity contribution in [2.45, 2.75) is 108 Å². The van der Waals surface area contributed by atoms with E-state index in [-0.39, 0.29) is 59.3 Å². The zero-order valence-electron chi connectivity index (χ0n) is 39.1. The number of carbonyl (C=O) groups excluding carboxylic acids is 3. The Balaban J connectivity index is 1.17. The molecule has 4 heterocycles. The maximum Gasteiger partial charge on any atom is 0.350 e. The van der Waals surface area contributed by atoms with Crippen LogP contribution < -0.4 is 32.7 Å². The molecule has 1 saturated heterocycles. The predicted octanol–water partition coefficient (Wildman–Crippen LogP) is 6.56. The van der Waals surface area contributed by atoms with Gasteiger partial charge in [-0.3, -0.25) is 14.6 Å². The van der Waals surface area contributed by atoms with E-state index in [4.69, 9.17) is 20.9 Å². The molecule has 8 unspecified atom stereocenters. The van der Waals surface area contributed by atoms with Crippen molar-refractivity contribution in [3.8, 4) is 0 Å². The number of aliphatic imine (C=N–C) groups is 1. The lowest BCUT2D eigenvalue weighted by Gasteiger charge is -2.40. The molecule has 8 rings (SSSR count). The number of pyridine rings is 2. The molecule has 66 heavy (non-hydrogen) atoms. The van der Waals surface area contributed by atoms with Gasteiger partial charge in [-0.15, -0.1) is 0 Å². The molecule has 1 fully saturated rings. The minimum absolute atomic E-state index is 0.00888. The fraction of sp³-hybridized carbons (Fsp3) is 0.500. The fourth-order valence-corrected chi connectivity index (χ4v) is 11.2. The van der Waals surface area contributed by atoms with E-state index < -0.39 is 23.0 Å². The summed E-state index contributed by atoms with van der Waals surface area (Å²) in [6.45, 7) is 7.67. The molecule has 14 heteroatoms. The number of nitrogens with zero attached hydrogens (tertiary/aromatic N) is 3. The molecule has 0 radical (unpaired) electrons. The molecular weight excluding hydrogens is 831 g/mol. The SMILES string of the molecule is CCNC1C=C2C=CCC3CCCCC(C)(Cc4ccc(N)nc4)Cc4cccc5c4C(=O)C4(OC4(CC=C(C)CC(NC(N)=NC)c4ccnc(NCNC)c4)C5=O)C(=O)OCC1CC23. The Morgan fingerprint density at radius 2 is 1.94 bits per heavy atom. The Morgan fingerprint density at radius 1 is 1.09 bits per heavy atom. The number of epoxide rings is 1. The Morgan fingerprint density at radius 3 is 2.71 bits per heavy atom. The number of hydrogen-bond acceptors (Lipinski definition) is 12. The molecule has 0 amide bonds. The third-order valence-corrected chi connectivity index (χ3v) is 14.7. The van der Waals surface area contributed by atoms with Crippen molar-refractivity contribution >= 4 is 35.1 Å². The Kier molecular flexibility index (Phi) is 13.9. The van der Waals surface area contributed by atoms with E-state index in [2.05, 4.69) is 68.3 Å². The number of nitrogens with two attached hydrogens (primary N) is 2. The van der Waals surface area contributed by atoms with E-state index in [0.29, 0.717) is 49.4 Å². The number of allylic oxidation sites excluding steroid dienone is 3. The first-order valence-corrected chi connectivity index (χ1v) is 23.7. The average Bonchev–Trinajstić information content (AvgIpc) is 4.02. The van der Waals surface area contributed by atoms with Crippen molar-refractivity contribution in [1.82, 2.24) is 25.9 Å².